The van der Waals surface area contributed by atoms with Crippen LogP contribution in [0.1, 0.15) is 0 Å². The zero-order valence-electron chi connectivity index (χ0n) is 8.48. The molecular weight excluding hydrogens is 258 g/mol. The Morgan fingerprint density at radius 1 is 1.40 bits per heavy atom. The van der Waals surface area contributed by atoms with Crippen molar-refractivity contribution in [2.24, 2.45) is 0 Å². The van der Waals surface area contributed by atoms with E-state index in [-0.39, 0.29) is 5.91 Å². The van der Waals surface area contributed by atoms with Crippen molar-refractivity contribution in [3.8, 4) is 0 Å². The number of piperazine rings is 1. The molecule has 4 nitrogen and oxygen atoms in total. The summed E-state index contributed by atoms with van der Waals surface area (Å²) in [4.78, 5) is 19.4. The van der Waals surface area contributed by atoms with Gasteiger partial charge in [-0.2, -0.15) is 0 Å². The van der Waals surface area contributed by atoms with E-state index in [2.05, 4.69) is 20.9 Å². The molecule has 1 saturated heterocycles. The molecule has 1 aliphatic heterocycles. The van der Waals surface area contributed by atoms with Gasteiger partial charge in [-0.25, -0.2) is 0 Å². The monoisotopic (exact) mass is 269 g/mol. The summed E-state index contributed by atoms with van der Waals surface area (Å²) in [6.07, 6.45) is 3.52. The second-order valence-electron chi connectivity index (χ2n) is 3.60. The molecule has 2 rings (SSSR count). The number of hydrogen-bond donors (Lipinski definition) is 0. The molecule has 5 heteroatoms. The van der Waals surface area contributed by atoms with Crippen LogP contribution in [0.2, 0.25) is 0 Å². The maximum Gasteiger partial charge on any atom is 0.241 e. The highest BCUT2D eigenvalue weighted by atomic mass is 79.9. The van der Waals surface area contributed by atoms with Gasteiger partial charge in [0.1, 0.15) is 0 Å². The maximum atomic E-state index is 11.5. The van der Waals surface area contributed by atoms with Crippen molar-refractivity contribution in [3.05, 3.63) is 22.9 Å². The number of rotatable bonds is 1. The van der Waals surface area contributed by atoms with E-state index in [9.17, 15) is 4.79 Å². The highest BCUT2D eigenvalue weighted by molar-refractivity contribution is 9.10. The zero-order chi connectivity index (χ0) is 10.8. The van der Waals surface area contributed by atoms with Gasteiger partial charge >= 0.3 is 0 Å². The Balaban J connectivity index is 2.15. The molecule has 0 radical (unpaired) electrons. The van der Waals surface area contributed by atoms with E-state index >= 15 is 0 Å². The lowest BCUT2D eigenvalue weighted by molar-refractivity contribution is -0.129. The molecule has 0 saturated carbocycles. The number of carbonyl (C=O) groups is 1. The van der Waals surface area contributed by atoms with Crippen LogP contribution in [0.15, 0.2) is 22.9 Å². The fourth-order valence-corrected chi connectivity index (χ4v) is 1.91. The SMILES string of the molecule is CN1CCN(c2cncc(Br)c2)CC1=O. The first-order valence-electron chi connectivity index (χ1n) is 4.76. The van der Waals surface area contributed by atoms with Gasteiger partial charge in [0.05, 0.1) is 18.4 Å². The minimum Gasteiger partial charge on any atom is -0.359 e. The molecule has 80 valence electrons. The van der Waals surface area contributed by atoms with E-state index in [4.69, 9.17) is 0 Å². The zero-order valence-corrected chi connectivity index (χ0v) is 10.1. The smallest absolute Gasteiger partial charge is 0.241 e. The minimum atomic E-state index is 0.154. The Labute approximate surface area is 97.0 Å². The van der Waals surface area contributed by atoms with Gasteiger partial charge in [0.25, 0.3) is 0 Å². The number of pyridine rings is 1. The number of anilines is 1. The Hall–Kier alpha value is -1.10. The van der Waals surface area contributed by atoms with Crippen molar-refractivity contribution in [2.75, 3.05) is 31.6 Å². The first kappa shape index (κ1) is 10.4. The molecule has 1 fully saturated rings. The Morgan fingerprint density at radius 3 is 2.87 bits per heavy atom. The standard InChI is InChI=1S/C10H12BrN3O/c1-13-2-3-14(7-10(13)15)9-4-8(11)5-12-6-9/h4-6H,2-3,7H2,1H3. The molecule has 1 amide bonds. The number of carbonyl (C=O) groups excluding carboxylic acids is 1. The van der Waals surface area contributed by atoms with E-state index in [0.717, 1.165) is 23.2 Å². The molecule has 2 heterocycles. The van der Waals surface area contributed by atoms with Gasteiger partial charge in [0.15, 0.2) is 0 Å². The lowest BCUT2D eigenvalue weighted by Gasteiger charge is -2.33. The Morgan fingerprint density at radius 2 is 2.20 bits per heavy atom. The molecule has 0 spiro atoms. The van der Waals surface area contributed by atoms with Crippen LogP contribution in [0, 0.1) is 0 Å². The van der Waals surface area contributed by atoms with Crippen LogP contribution in [-0.2, 0) is 4.79 Å². The van der Waals surface area contributed by atoms with Gasteiger partial charge in [-0.1, -0.05) is 0 Å². The molecule has 0 N–H and O–H groups in total. The van der Waals surface area contributed by atoms with Crippen LogP contribution in [0.5, 0.6) is 0 Å². The number of amides is 1. The number of halogens is 1. The predicted molar refractivity (Wildman–Crippen MR) is 61.8 cm³/mol. The fourth-order valence-electron chi connectivity index (χ4n) is 1.55. The third kappa shape index (κ3) is 2.28. The normalized spacial score (nSPS) is 17.1. The van der Waals surface area contributed by atoms with Crippen molar-refractivity contribution < 1.29 is 4.79 Å². The average molecular weight is 270 g/mol. The second-order valence-corrected chi connectivity index (χ2v) is 4.51. The highest BCUT2D eigenvalue weighted by Gasteiger charge is 2.21. The number of nitrogens with zero attached hydrogens (tertiary/aromatic N) is 3. The van der Waals surface area contributed by atoms with Gasteiger partial charge in [0, 0.05) is 30.8 Å². The van der Waals surface area contributed by atoms with E-state index in [1.54, 1.807) is 17.3 Å². The van der Waals surface area contributed by atoms with Crippen molar-refractivity contribution >= 4 is 27.5 Å². The Kier molecular flexibility index (Phi) is 2.90. The quantitative estimate of drug-likeness (QED) is 0.767. The van der Waals surface area contributed by atoms with E-state index in [1.165, 1.54) is 0 Å². The fraction of sp³-hybridized carbons (Fsp3) is 0.400. The van der Waals surface area contributed by atoms with E-state index in [1.807, 2.05) is 18.0 Å². The van der Waals surface area contributed by atoms with Gasteiger partial charge in [-0.05, 0) is 22.0 Å². The number of likely N-dealkylation sites (N-methyl/N-ethyl adjacent to an activating group) is 1. The van der Waals surface area contributed by atoms with Gasteiger partial charge in [0.2, 0.25) is 5.91 Å². The van der Waals surface area contributed by atoms with Crippen LogP contribution in [0.25, 0.3) is 0 Å². The molecule has 0 unspecified atom stereocenters. The van der Waals surface area contributed by atoms with Crippen LogP contribution < -0.4 is 4.90 Å². The van der Waals surface area contributed by atoms with Crippen molar-refractivity contribution in [1.29, 1.82) is 0 Å². The van der Waals surface area contributed by atoms with Gasteiger partial charge in [-0.3, -0.25) is 9.78 Å². The van der Waals surface area contributed by atoms with Gasteiger partial charge in [-0.15, -0.1) is 0 Å². The third-order valence-corrected chi connectivity index (χ3v) is 2.95. The largest absolute Gasteiger partial charge is 0.359 e. The van der Waals surface area contributed by atoms with Crippen LogP contribution >= 0.6 is 15.9 Å². The Bertz CT molecular complexity index is 383. The summed E-state index contributed by atoms with van der Waals surface area (Å²) in [7, 11) is 1.83. The summed E-state index contributed by atoms with van der Waals surface area (Å²) < 4.78 is 0.936. The van der Waals surface area contributed by atoms with Crippen LogP contribution in [0.3, 0.4) is 0 Å². The van der Waals surface area contributed by atoms with Crippen molar-refractivity contribution in [2.45, 2.75) is 0 Å². The lowest BCUT2D eigenvalue weighted by Crippen LogP contribution is -2.48. The lowest BCUT2D eigenvalue weighted by atomic mass is 10.3. The number of hydrogen-bond acceptors (Lipinski definition) is 3. The molecule has 0 atom stereocenters. The molecule has 0 aromatic carbocycles. The average Bonchev–Trinajstić information content (AvgIpc) is 2.22. The molecule has 1 aliphatic rings. The van der Waals surface area contributed by atoms with Crippen LogP contribution in [-0.4, -0.2) is 42.5 Å². The van der Waals surface area contributed by atoms with Crippen molar-refractivity contribution in [3.63, 3.8) is 0 Å². The first-order chi connectivity index (χ1) is 7.16. The molecule has 15 heavy (non-hydrogen) atoms. The summed E-state index contributed by atoms with van der Waals surface area (Å²) in [5.41, 5.74) is 0.992. The van der Waals surface area contributed by atoms with Crippen molar-refractivity contribution in [1.82, 2.24) is 9.88 Å². The molecule has 1 aromatic heterocycles. The summed E-state index contributed by atoms with van der Waals surface area (Å²) in [6, 6.07) is 1.98. The van der Waals surface area contributed by atoms with Gasteiger partial charge < -0.3 is 9.80 Å². The van der Waals surface area contributed by atoms with E-state index in [0.29, 0.717) is 6.54 Å². The molecule has 1 aromatic rings. The third-order valence-electron chi connectivity index (χ3n) is 2.51. The van der Waals surface area contributed by atoms with Crippen LogP contribution in [0.4, 0.5) is 5.69 Å². The highest BCUT2D eigenvalue weighted by Crippen LogP contribution is 2.19. The molecular formula is C10H12BrN3O. The maximum absolute atomic E-state index is 11.5. The number of aromatic nitrogens is 1. The molecule has 0 aliphatic carbocycles. The topological polar surface area (TPSA) is 36.4 Å². The second kappa shape index (κ2) is 4.18. The molecule has 0 bridgehead atoms. The summed E-state index contributed by atoms with van der Waals surface area (Å²) in [5.74, 6) is 0.154. The first-order valence-corrected chi connectivity index (χ1v) is 5.55. The predicted octanol–water partition coefficient (Wildman–Crippen LogP) is 1.12. The van der Waals surface area contributed by atoms with E-state index < -0.39 is 0 Å². The summed E-state index contributed by atoms with van der Waals surface area (Å²) in [5, 5.41) is 0. The summed E-state index contributed by atoms with van der Waals surface area (Å²) in [6.45, 7) is 2.07. The minimum absolute atomic E-state index is 0.154. The summed E-state index contributed by atoms with van der Waals surface area (Å²) >= 11 is 3.37.